The summed E-state index contributed by atoms with van der Waals surface area (Å²) in [6, 6.07) is 2.26. The van der Waals surface area contributed by atoms with Crippen molar-refractivity contribution >= 4 is 27.3 Å². The largest absolute Gasteiger partial charge is 0.330 e. The molecule has 0 spiro atoms. The van der Waals surface area contributed by atoms with Crippen molar-refractivity contribution in [1.82, 2.24) is 0 Å². The lowest BCUT2D eigenvalue weighted by Gasteiger charge is -2.41. The summed E-state index contributed by atoms with van der Waals surface area (Å²) in [5.41, 5.74) is 6.11. The van der Waals surface area contributed by atoms with Gasteiger partial charge in [0, 0.05) is 20.1 Å². The minimum Gasteiger partial charge on any atom is -0.330 e. The zero-order valence-electron chi connectivity index (χ0n) is 7.55. The minimum atomic E-state index is 0.450. The Kier molecular flexibility index (Phi) is 2.77. The molecule has 1 aromatic rings. The van der Waals surface area contributed by atoms with Gasteiger partial charge in [-0.2, -0.15) is 0 Å². The van der Waals surface area contributed by atoms with E-state index in [1.807, 2.05) is 11.3 Å². The summed E-state index contributed by atoms with van der Waals surface area (Å²) in [5, 5.41) is 2.17. The van der Waals surface area contributed by atoms with Crippen molar-refractivity contribution in [3.05, 3.63) is 20.8 Å². The predicted octanol–water partition coefficient (Wildman–Crippen LogP) is 3.28. The molecule has 0 aromatic carbocycles. The number of thiophene rings is 1. The molecule has 72 valence electrons. The van der Waals surface area contributed by atoms with E-state index in [0.717, 1.165) is 13.0 Å². The molecule has 0 amide bonds. The highest BCUT2D eigenvalue weighted by atomic mass is 79.9. The Morgan fingerprint density at radius 3 is 2.69 bits per heavy atom. The molecule has 1 aromatic heterocycles. The lowest BCUT2D eigenvalue weighted by Crippen LogP contribution is -2.35. The fourth-order valence-corrected chi connectivity index (χ4v) is 3.81. The first-order chi connectivity index (χ1) is 6.27. The molecule has 13 heavy (non-hydrogen) atoms. The fraction of sp³-hybridized carbons (Fsp3) is 0.600. The normalized spacial score (nSPS) is 19.8. The van der Waals surface area contributed by atoms with Crippen LogP contribution < -0.4 is 5.73 Å². The standard InChI is InChI=1S/C10H14BrNS/c11-8-6-9(13-7-8)10(4-5-12)2-1-3-10/h6-7H,1-5,12H2. The van der Waals surface area contributed by atoms with Crippen LogP contribution in [0.15, 0.2) is 15.9 Å². The highest BCUT2D eigenvalue weighted by Gasteiger charge is 2.38. The molecule has 0 bridgehead atoms. The Morgan fingerprint density at radius 1 is 1.54 bits per heavy atom. The second-order valence-electron chi connectivity index (χ2n) is 3.80. The number of rotatable bonds is 3. The molecule has 1 aliphatic carbocycles. The number of nitrogens with two attached hydrogens (primary N) is 1. The molecule has 3 heteroatoms. The Hall–Kier alpha value is 0.140. The Bertz CT molecular complexity index is 291. The van der Waals surface area contributed by atoms with Gasteiger partial charge in [0.15, 0.2) is 0 Å². The van der Waals surface area contributed by atoms with Gasteiger partial charge >= 0.3 is 0 Å². The Morgan fingerprint density at radius 2 is 2.31 bits per heavy atom. The van der Waals surface area contributed by atoms with Crippen molar-refractivity contribution in [1.29, 1.82) is 0 Å². The van der Waals surface area contributed by atoms with E-state index in [1.165, 1.54) is 28.6 Å². The van der Waals surface area contributed by atoms with Crippen LogP contribution in [0.1, 0.15) is 30.6 Å². The Labute approximate surface area is 91.5 Å². The number of halogens is 1. The quantitative estimate of drug-likeness (QED) is 0.886. The molecule has 0 radical (unpaired) electrons. The van der Waals surface area contributed by atoms with Crippen molar-refractivity contribution in [2.45, 2.75) is 31.1 Å². The molecule has 0 saturated heterocycles. The molecule has 2 N–H and O–H groups in total. The molecule has 1 aliphatic rings. The smallest absolute Gasteiger partial charge is 0.0285 e. The molecule has 0 atom stereocenters. The number of hydrogen-bond acceptors (Lipinski definition) is 2. The maximum Gasteiger partial charge on any atom is 0.0285 e. The topological polar surface area (TPSA) is 26.0 Å². The van der Waals surface area contributed by atoms with Crippen molar-refractivity contribution in [3.8, 4) is 0 Å². The van der Waals surface area contributed by atoms with Gasteiger partial charge in [0.05, 0.1) is 0 Å². The summed E-state index contributed by atoms with van der Waals surface area (Å²) in [6.45, 7) is 0.815. The average molecular weight is 260 g/mol. The van der Waals surface area contributed by atoms with E-state index in [-0.39, 0.29) is 0 Å². The van der Waals surface area contributed by atoms with E-state index in [1.54, 1.807) is 0 Å². The molecule has 1 saturated carbocycles. The van der Waals surface area contributed by atoms with E-state index in [0.29, 0.717) is 5.41 Å². The summed E-state index contributed by atoms with van der Waals surface area (Å²) in [6.07, 6.45) is 5.18. The third-order valence-corrected chi connectivity index (χ3v) is 4.96. The summed E-state index contributed by atoms with van der Waals surface area (Å²) in [4.78, 5) is 1.52. The van der Waals surface area contributed by atoms with E-state index >= 15 is 0 Å². The lowest BCUT2D eigenvalue weighted by molar-refractivity contribution is 0.234. The number of hydrogen-bond donors (Lipinski definition) is 1. The van der Waals surface area contributed by atoms with Crippen molar-refractivity contribution in [3.63, 3.8) is 0 Å². The molecule has 1 nitrogen and oxygen atoms in total. The maximum absolute atomic E-state index is 5.66. The average Bonchev–Trinajstić information content (AvgIpc) is 2.44. The highest BCUT2D eigenvalue weighted by molar-refractivity contribution is 9.10. The lowest BCUT2D eigenvalue weighted by atomic mass is 9.66. The van der Waals surface area contributed by atoms with Crippen molar-refractivity contribution < 1.29 is 0 Å². The predicted molar refractivity (Wildman–Crippen MR) is 61.2 cm³/mol. The molecular formula is C10H14BrNS. The fourth-order valence-electron chi connectivity index (χ4n) is 2.09. The van der Waals surface area contributed by atoms with Crippen molar-refractivity contribution in [2.24, 2.45) is 5.73 Å². The first-order valence-electron chi connectivity index (χ1n) is 4.71. The first kappa shape index (κ1) is 9.69. The molecule has 2 rings (SSSR count). The van der Waals surface area contributed by atoms with Crippen LogP contribution in [0.25, 0.3) is 0 Å². The van der Waals surface area contributed by atoms with Gasteiger partial charge in [-0.1, -0.05) is 6.42 Å². The maximum atomic E-state index is 5.66. The van der Waals surface area contributed by atoms with Gasteiger partial charge in [0.2, 0.25) is 0 Å². The van der Waals surface area contributed by atoms with E-state index in [2.05, 4.69) is 27.4 Å². The minimum absolute atomic E-state index is 0.450. The third-order valence-electron chi connectivity index (χ3n) is 3.02. The van der Waals surface area contributed by atoms with Crippen LogP contribution >= 0.6 is 27.3 Å². The molecule has 0 aliphatic heterocycles. The zero-order chi connectivity index (χ0) is 9.31. The van der Waals surface area contributed by atoms with Crippen LogP contribution in [-0.4, -0.2) is 6.54 Å². The van der Waals surface area contributed by atoms with Gasteiger partial charge in [-0.25, -0.2) is 0 Å². The Balaban J connectivity index is 2.21. The molecule has 1 heterocycles. The van der Waals surface area contributed by atoms with Gasteiger partial charge in [-0.3, -0.25) is 0 Å². The second kappa shape index (κ2) is 3.71. The summed E-state index contributed by atoms with van der Waals surface area (Å²) in [7, 11) is 0. The highest BCUT2D eigenvalue weighted by Crippen LogP contribution is 2.48. The third kappa shape index (κ3) is 1.69. The molecular weight excluding hydrogens is 246 g/mol. The second-order valence-corrected chi connectivity index (χ2v) is 5.63. The summed E-state index contributed by atoms with van der Waals surface area (Å²) in [5.74, 6) is 0. The summed E-state index contributed by atoms with van der Waals surface area (Å²) < 4.78 is 1.22. The SMILES string of the molecule is NCCC1(c2cc(Br)cs2)CCC1. The first-order valence-corrected chi connectivity index (χ1v) is 6.39. The monoisotopic (exact) mass is 259 g/mol. The van der Waals surface area contributed by atoms with Gasteiger partial charge in [-0.15, -0.1) is 11.3 Å². The van der Waals surface area contributed by atoms with E-state index < -0.39 is 0 Å². The molecule has 1 fully saturated rings. The van der Waals surface area contributed by atoms with Gasteiger partial charge in [0.1, 0.15) is 0 Å². The van der Waals surface area contributed by atoms with Crippen LogP contribution in [0.4, 0.5) is 0 Å². The van der Waals surface area contributed by atoms with Crippen LogP contribution in [0.3, 0.4) is 0 Å². The van der Waals surface area contributed by atoms with Gasteiger partial charge in [0.25, 0.3) is 0 Å². The van der Waals surface area contributed by atoms with E-state index in [4.69, 9.17) is 5.73 Å². The van der Waals surface area contributed by atoms with Crippen molar-refractivity contribution in [2.75, 3.05) is 6.54 Å². The van der Waals surface area contributed by atoms with Crippen LogP contribution in [-0.2, 0) is 5.41 Å². The van der Waals surface area contributed by atoms with Gasteiger partial charge < -0.3 is 5.73 Å². The zero-order valence-corrected chi connectivity index (χ0v) is 9.96. The van der Waals surface area contributed by atoms with E-state index in [9.17, 15) is 0 Å². The van der Waals surface area contributed by atoms with Crippen LogP contribution in [0.2, 0.25) is 0 Å². The summed E-state index contributed by atoms with van der Waals surface area (Å²) >= 11 is 5.38. The molecule has 0 unspecified atom stereocenters. The van der Waals surface area contributed by atoms with Gasteiger partial charge in [-0.05, 0) is 47.8 Å². The van der Waals surface area contributed by atoms with Crippen LogP contribution in [0, 0.1) is 0 Å². The van der Waals surface area contributed by atoms with Crippen LogP contribution in [0.5, 0.6) is 0 Å².